The van der Waals surface area contributed by atoms with E-state index in [0.717, 1.165) is 53.1 Å². The number of aromatic nitrogens is 2. The first-order chi connectivity index (χ1) is 19.1. The Hall–Kier alpha value is -4.26. The Kier molecular flexibility index (Phi) is 8.16. The quantitative estimate of drug-likeness (QED) is 0.215. The van der Waals surface area contributed by atoms with Gasteiger partial charge in [0, 0.05) is 17.7 Å². The van der Waals surface area contributed by atoms with E-state index in [1.165, 1.54) is 5.56 Å². The Morgan fingerprint density at radius 3 is 2.46 bits per heavy atom. The lowest BCUT2D eigenvalue weighted by molar-refractivity contribution is 0.0745. The molecule has 0 aliphatic carbocycles. The van der Waals surface area contributed by atoms with Crippen LogP contribution in [0.15, 0.2) is 72.8 Å². The topological polar surface area (TPSA) is 76.7 Å². The van der Waals surface area contributed by atoms with Crippen LogP contribution in [0.1, 0.15) is 59.9 Å². The van der Waals surface area contributed by atoms with E-state index in [0.29, 0.717) is 31.2 Å². The molecule has 0 saturated heterocycles. The Bertz CT molecular complexity index is 1400. The Morgan fingerprint density at radius 2 is 1.74 bits per heavy atom. The second-order valence-corrected chi connectivity index (χ2v) is 9.57. The van der Waals surface area contributed by atoms with Gasteiger partial charge in [-0.3, -0.25) is 9.89 Å². The lowest BCUT2D eigenvalue weighted by Gasteiger charge is -2.27. The minimum Gasteiger partial charge on any atom is -0.497 e. The summed E-state index contributed by atoms with van der Waals surface area (Å²) in [6.07, 6.45) is 2.77. The standard InChI is InChI=1S/C32H35N3O4/c1-4-6-20-39-26-17-14-24(21-27(26)38-5-2)31-28-29(23-12-15-25(37-3)16-13-23)33-34-30(28)32(36)35(31)19-18-22-10-8-7-9-11-22/h7-17,21,31H,4-6,18-20H2,1-3H3,(H,33,34). The number of fused-ring (bicyclic) bond motifs is 1. The number of aromatic amines is 1. The first kappa shape index (κ1) is 26.4. The number of benzene rings is 3. The fourth-order valence-electron chi connectivity index (χ4n) is 5.05. The molecule has 5 rings (SSSR count). The summed E-state index contributed by atoms with van der Waals surface area (Å²) in [5.74, 6) is 2.11. The molecule has 0 fully saturated rings. The zero-order chi connectivity index (χ0) is 27.2. The van der Waals surface area contributed by atoms with E-state index in [1.807, 2.05) is 72.5 Å². The lowest BCUT2D eigenvalue weighted by atomic mass is 9.95. The summed E-state index contributed by atoms with van der Waals surface area (Å²) in [5.41, 5.74) is 5.22. The summed E-state index contributed by atoms with van der Waals surface area (Å²) in [6, 6.07) is 23.7. The van der Waals surface area contributed by atoms with Crippen LogP contribution < -0.4 is 14.2 Å². The maximum absolute atomic E-state index is 13.8. The number of unbranched alkanes of at least 4 members (excludes halogenated alkanes) is 1. The highest BCUT2D eigenvalue weighted by atomic mass is 16.5. The van der Waals surface area contributed by atoms with Crippen LogP contribution in [0.5, 0.6) is 17.2 Å². The van der Waals surface area contributed by atoms with Crippen molar-refractivity contribution in [3.05, 3.63) is 95.2 Å². The van der Waals surface area contributed by atoms with Crippen LogP contribution in [0, 0.1) is 0 Å². The maximum Gasteiger partial charge on any atom is 0.273 e. The highest BCUT2D eigenvalue weighted by Gasteiger charge is 2.42. The fraction of sp³-hybridized carbons (Fsp3) is 0.312. The van der Waals surface area contributed by atoms with Gasteiger partial charge in [0.05, 0.1) is 32.1 Å². The second kappa shape index (κ2) is 12.1. The molecule has 1 N–H and O–H groups in total. The highest BCUT2D eigenvalue weighted by Crippen LogP contribution is 2.44. The molecule has 0 radical (unpaired) electrons. The molecular weight excluding hydrogens is 490 g/mol. The second-order valence-electron chi connectivity index (χ2n) is 9.57. The van der Waals surface area contributed by atoms with Gasteiger partial charge in [-0.05, 0) is 67.3 Å². The summed E-state index contributed by atoms with van der Waals surface area (Å²) < 4.78 is 17.4. The molecule has 0 saturated carbocycles. The molecule has 1 aliphatic rings. The molecule has 4 aromatic rings. The van der Waals surface area contributed by atoms with E-state index in [9.17, 15) is 4.79 Å². The molecular formula is C32H35N3O4. The van der Waals surface area contributed by atoms with E-state index >= 15 is 0 Å². The molecule has 7 nitrogen and oxygen atoms in total. The van der Waals surface area contributed by atoms with Crippen LogP contribution >= 0.6 is 0 Å². The van der Waals surface area contributed by atoms with Gasteiger partial charge < -0.3 is 19.1 Å². The number of ether oxygens (including phenoxy) is 3. The molecule has 0 spiro atoms. The fourth-order valence-corrected chi connectivity index (χ4v) is 5.05. The van der Waals surface area contributed by atoms with E-state index < -0.39 is 0 Å². The van der Waals surface area contributed by atoms with Gasteiger partial charge in [-0.2, -0.15) is 5.10 Å². The molecule has 2 heterocycles. The van der Waals surface area contributed by atoms with Gasteiger partial charge in [0.1, 0.15) is 11.4 Å². The smallest absolute Gasteiger partial charge is 0.273 e. The number of hydrogen-bond donors (Lipinski definition) is 1. The number of hydrogen-bond acceptors (Lipinski definition) is 5. The molecule has 1 unspecified atom stereocenters. The van der Waals surface area contributed by atoms with E-state index in [1.54, 1.807) is 7.11 Å². The van der Waals surface area contributed by atoms with Gasteiger partial charge in [0.25, 0.3) is 5.91 Å². The van der Waals surface area contributed by atoms with Crippen molar-refractivity contribution >= 4 is 5.91 Å². The summed E-state index contributed by atoms with van der Waals surface area (Å²) in [4.78, 5) is 15.7. The largest absolute Gasteiger partial charge is 0.497 e. The van der Waals surface area contributed by atoms with E-state index in [-0.39, 0.29) is 11.9 Å². The third kappa shape index (κ3) is 5.48. The number of carbonyl (C=O) groups excluding carboxylic acids is 1. The number of nitrogens with zero attached hydrogens (tertiary/aromatic N) is 2. The van der Waals surface area contributed by atoms with Gasteiger partial charge in [-0.15, -0.1) is 0 Å². The molecule has 202 valence electrons. The molecule has 39 heavy (non-hydrogen) atoms. The molecule has 3 aromatic carbocycles. The minimum atomic E-state index is -0.323. The third-order valence-electron chi connectivity index (χ3n) is 7.05. The lowest BCUT2D eigenvalue weighted by Crippen LogP contribution is -2.31. The molecule has 1 atom stereocenters. The van der Waals surface area contributed by atoms with Gasteiger partial charge in [0.15, 0.2) is 11.5 Å². The number of amides is 1. The van der Waals surface area contributed by atoms with E-state index in [2.05, 4.69) is 29.3 Å². The number of carbonyl (C=O) groups is 1. The van der Waals surface area contributed by atoms with Gasteiger partial charge >= 0.3 is 0 Å². The SMILES string of the molecule is CCCCOc1ccc(C2c3c(-c4ccc(OC)cc4)n[nH]c3C(=O)N2CCc2ccccc2)cc1OCC. The van der Waals surface area contributed by atoms with Crippen LogP contribution in [0.25, 0.3) is 11.3 Å². The zero-order valence-corrected chi connectivity index (χ0v) is 22.8. The first-order valence-electron chi connectivity index (χ1n) is 13.6. The van der Waals surface area contributed by atoms with Gasteiger partial charge in [-0.1, -0.05) is 49.7 Å². The predicted octanol–water partition coefficient (Wildman–Crippen LogP) is 6.45. The number of methoxy groups -OCH3 is 1. The average Bonchev–Trinajstić information content (AvgIpc) is 3.52. The normalized spacial score (nSPS) is 14.4. The summed E-state index contributed by atoms with van der Waals surface area (Å²) in [6.45, 7) is 5.82. The average molecular weight is 526 g/mol. The van der Waals surface area contributed by atoms with Gasteiger partial charge in [-0.25, -0.2) is 0 Å². The van der Waals surface area contributed by atoms with Crippen molar-refractivity contribution in [1.82, 2.24) is 15.1 Å². The molecule has 1 amide bonds. The zero-order valence-electron chi connectivity index (χ0n) is 22.8. The van der Waals surface area contributed by atoms with Crippen molar-refractivity contribution in [2.45, 2.75) is 39.2 Å². The van der Waals surface area contributed by atoms with Crippen molar-refractivity contribution in [3.8, 4) is 28.5 Å². The van der Waals surface area contributed by atoms with Crippen LogP contribution in [-0.2, 0) is 6.42 Å². The third-order valence-corrected chi connectivity index (χ3v) is 7.05. The van der Waals surface area contributed by atoms with Crippen molar-refractivity contribution in [1.29, 1.82) is 0 Å². The molecule has 1 aromatic heterocycles. The van der Waals surface area contributed by atoms with Crippen molar-refractivity contribution in [3.63, 3.8) is 0 Å². The predicted molar refractivity (Wildman–Crippen MR) is 152 cm³/mol. The molecule has 0 bridgehead atoms. The Labute approximate surface area is 229 Å². The summed E-state index contributed by atoms with van der Waals surface area (Å²) in [5, 5.41) is 7.65. The monoisotopic (exact) mass is 525 g/mol. The summed E-state index contributed by atoms with van der Waals surface area (Å²) in [7, 11) is 1.64. The van der Waals surface area contributed by atoms with Crippen LogP contribution in [0.4, 0.5) is 0 Å². The van der Waals surface area contributed by atoms with Crippen molar-refractivity contribution in [2.24, 2.45) is 0 Å². The summed E-state index contributed by atoms with van der Waals surface area (Å²) >= 11 is 0. The Balaban J connectivity index is 1.56. The molecule has 1 aliphatic heterocycles. The maximum atomic E-state index is 13.8. The van der Waals surface area contributed by atoms with Crippen LogP contribution in [0.2, 0.25) is 0 Å². The van der Waals surface area contributed by atoms with E-state index in [4.69, 9.17) is 14.2 Å². The van der Waals surface area contributed by atoms with Gasteiger partial charge in [0.2, 0.25) is 0 Å². The highest BCUT2D eigenvalue weighted by molar-refractivity contribution is 6.00. The number of nitrogens with one attached hydrogen (secondary N) is 1. The number of H-pyrrole nitrogens is 1. The van der Waals surface area contributed by atoms with Crippen molar-refractivity contribution in [2.75, 3.05) is 26.9 Å². The Morgan fingerprint density at radius 1 is 0.949 bits per heavy atom. The van der Waals surface area contributed by atoms with Crippen LogP contribution in [0.3, 0.4) is 0 Å². The molecule has 7 heteroatoms. The van der Waals surface area contributed by atoms with Crippen molar-refractivity contribution < 1.29 is 19.0 Å². The first-order valence-corrected chi connectivity index (χ1v) is 13.6. The number of rotatable bonds is 12. The minimum absolute atomic E-state index is 0.0561. The van der Waals surface area contributed by atoms with Crippen LogP contribution in [-0.4, -0.2) is 47.9 Å².